The van der Waals surface area contributed by atoms with Crippen LogP contribution in [0.25, 0.3) is 0 Å². The molecule has 2 saturated heterocycles. The molecular formula is C17H27N3O4S. The van der Waals surface area contributed by atoms with E-state index in [1.54, 1.807) is 4.90 Å². The van der Waals surface area contributed by atoms with Crippen molar-refractivity contribution in [1.82, 2.24) is 14.1 Å². The summed E-state index contributed by atoms with van der Waals surface area (Å²) in [6.45, 7) is 3.72. The summed E-state index contributed by atoms with van der Waals surface area (Å²) >= 11 is 0. The highest BCUT2D eigenvalue weighted by atomic mass is 32.2. The van der Waals surface area contributed by atoms with Crippen molar-refractivity contribution in [2.24, 2.45) is 0 Å². The topological polar surface area (TPSA) is 74.1 Å². The van der Waals surface area contributed by atoms with Gasteiger partial charge in [0.05, 0.1) is 0 Å². The van der Waals surface area contributed by atoms with Gasteiger partial charge >= 0.3 is 0 Å². The molecule has 140 valence electrons. The fraction of sp³-hybridized carbons (Fsp3) is 0.706. The van der Waals surface area contributed by atoms with Crippen LogP contribution in [0.2, 0.25) is 0 Å². The van der Waals surface area contributed by atoms with Crippen molar-refractivity contribution < 1.29 is 17.6 Å². The minimum absolute atomic E-state index is 0.0943. The van der Waals surface area contributed by atoms with E-state index in [-0.39, 0.29) is 16.8 Å². The van der Waals surface area contributed by atoms with Gasteiger partial charge in [0, 0.05) is 33.2 Å². The van der Waals surface area contributed by atoms with Crippen molar-refractivity contribution in [3.8, 4) is 0 Å². The molecule has 0 saturated carbocycles. The summed E-state index contributed by atoms with van der Waals surface area (Å²) in [4.78, 5) is 16.9. The Hall–Kier alpha value is -1.38. The number of likely N-dealkylation sites (tertiary alicyclic amines) is 2. The van der Waals surface area contributed by atoms with Crippen molar-refractivity contribution in [1.29, 1.82) is 0 Å². The molecule has 3 heterocycles. The van der Waals surface area contributed by atoms with E-state index in [1.165, 1.54) is 58.6 Å². The van der Waals surface area contributed by atoms with Crippen LogP contribution in [-0.4, -0.2) is 74.7 Å². The van der Waals surface area contributed by atoms with Crippen LogP contribution in [0.1, 0.15) is 42.7 Å². The Bertz CT molecular complexity index is 699. The van der Waals surface area contributed by atoms with E-state index in [0.717, 1.165) is 17.1 Å². The van der Waals surface area contributed by atoms with Gasteiger partial charge in [-0.3, -0.25) is 4.79 Å². The summed E-state index contributed by atoms with van der Waals surface area (Å²) in [5.74, 6) is -0.130. The number of furan rings is 1. The van der Waals surface area contributed by atoms with Gasteiger partial charge in [-0.1, -0.05) is 6.42 Å². The smallest absolute Gasteiger partial charge is 0.289 e. The van der Waals surface area contributed by atoms with Crippen LogP contribution in [0.4, 0.5) is 0 Å². The van der Waals surface area contributed by atoms with Gasteiger partial charge in [-0.2, -0.15) is 0 Å². The van der Waals surface area contributed by atoms with E-state index in [4.69, 9.17) is 4.42 Å². The van der Waals surface area contributed by atoms with Crippen molar-refractivity contribution in [2.45, 2.75) is 43.2 Å². The second kappa shape index (κ2) is 7.47. The van der Waals surface area contributed by atoms with Crippen LogP contribution in [-0.2, 0) is 10.0 Å². The Balaban J connectivity index is 1.60. The highest BCUT2D eigenvalue weighted by Crippen LogP contribution is 2.23. The zero-order valence-electron chi connectivity index (χ0n) is 15.0. The standard InChI is InChI=1S/C17H27N3O4S/c1-18(2)25(22,23)16-7-6-15(24-16)17(21)20-12-8-14(9-13-20)19-10-4-3-5-11-19/h6-7,14H,3-5,8-13H2,1-2H3. The quantitative estimate of drug-likeness (QED) is 0.806. The van der Waals surface area contributed by atoms with Gasteiger partial charge in [0.25, 0.3) is 15.9 Å². The average molecular weight is 369 g/mol. The molecule has 0 aromatic carbocycles. The lowest BCUT2D eigenvalue weighted by Gasteiger charge is -2.40. The number of carbonyl (C=O) groups is 1. The molecule has 0 aliphatic carbocycles. The number of carbonyl (C=O) groups excluding carboxylic acids is 1. The molecule has 0 N–H and O–H groups in total. The lowest BCUT2D eigenvalue weighted by atomic mass is 10.00. The average Bonchev–Trinajstić information content (AvgIpc) is 3.13. The van der Waals surface area contributed by atoms with Gasteiger partial charge in [0.1, 0.15) is 0 Å². The number of nitrogens with zero attached hydrogens (tertiary/aromatic N) is 3. The first-order chi connectivity index (χ1) is 11.9. The highest BCUT2D eigenvalue weighted by molar-refractivity contribution is 7.88. The molecule has 1 amide bonds. The summed E-state index contributed by atoms with van der Waals surface area (Å²) in [5.41, 5.74) is 0. The second-order valence-electron chi connectivity index (χ2n) is 7.03. The Kier molecular flexibility index (Phi) is 5.50. The molecule has 0 atom stereocenters. The number of piperidine rings is 2. The Morgan fingerprint density at radius 1 is 1.08 bits per heavy atom. The largest absolute Gasteiger partial charge is 0.438 e. The Labute approximate surface area is 149 Å². The molecule has 0 unspecified atom stereocenters. The number of hydrogen-bond donors (Lipinski definition) is 0. The van der Waals surface area contributed by atoms with Gasteiger partial charge < -0.3 is 14.2 Å². The minimum atomic E-state index is -3.65. The first-order valence-electron chi connectivity index (χ1n) is 8.95. The highest BCUT2D eigenvalue weighted by Gasteiger charge is 2.30. The third-order valence-corrected chi connectivity index (χ3v) is 6.88. The number of rotatable bonds is 4. The van der Waals surface area contributed by atoms with Crippen molar-refractivity contribution >= 4 is 15.9 Å². The number of hydrogen-bond acceptors (Lipinski definition) is 5. The fourth-order valence-electron chi connectivity index (χ4n) is 3.63. The third kappa shape index (κ3) is 3.91. The predicted molar refractivity (Wildman–Crippen MR) is 93.9 cm³/mol. The normalized spacial score (nSPS) is 21.0. The zero-order chi connectivity index (χ0) is 18.0. The van der Waals surface area contributed by atoms with Crippen LogP contribution in [0.15, 0.2) is 21.6 Å². The molecule has 25 heavy (non-hydrogen) atoms. The maximum Gasteiger partial charge on any atom is 0.289 e. The van der Waals surface area contributed by atoms with Crippen LogP contribution >= 0.6 is 0 Å². The van der Waals surface area contributed by atoms with E-state index in [9.17, 15) is 13.2 Å². The summed E-state index contributed by atoms with van der Waals surface area (Å²) < 4.78 is 30.5. The Morgan fingerprint density at radius 3 is 2.32 bits per heavy atom. The summed E-state index contributed by atoms with van der Waals surface area (Å²) in [6.07, 6.45) is 5.80. The second-order valence-corrected chi connectivity index (χ2v) is 9.11. The maximum absolute atomic E-state index is 12.6. The van der Waals surface area contributed by atoms with Gasteiger partial charge in [-0.15, -0.1) is 0 Å². The van der Waals surface area contributed by atoms with Crippen LogP contribution in [0, 0.1) is 0 Å². The van der Waals surface area contributed by atoms with Gasteiger partial charge in [0.15, 0.2) is 5.76 Å². The first-order valence-corrected chi connectivity index (χ1v) is 10.4. The minimum Gasteiger partial charge on any atom is -0.438 e. The fourth-order valence-corrected chi connectivity index (χ4v) is 4.42. The van der Waals surface area contributed by atoms with Crippen molar-refractivity contribution in [3.63, 3.8) is 0 Å². The first kappa shape index (κ1) is 18.4. The Morgan fingerprint density at radius 2 is 1.72 bits per heavy atom. The maximum atomic E-state index is 12.6. The molecular weight excluding hydrogens is 342 g/mol. The van der Waals surface area contributed by atoms with E-state index in [2.05, 4.69) is 4.90 Å². The lowest BCUT2D eigenvalue weighted by Crippen LogP contribution is -2.48. The number of amides is 1. The van der Waals surface area contributed by atoms with Gasteiger partial charge in [-0.25, -0.2) is 12.7 Å². The molecule has 2 aliphatic heterocycles. The molecule has 7 nitrogen and oxygen atoms in total. The molecule has 0 bridgehead atoms. The molecule has 0 radical (unpaired) electrons. The molecule has 1 aromatic heterocycles. The van der Waals surface area contributed by atoms with E-state index < -0.39 is 10.0 Å². The SMILES string of the molecule is CN(C)S(=O)(=O)c1ccc(C(=O)N2CCC(N3CCCCC3)CC2)o1. The molecule has 3 rings (SSSR count). The predicted octanol–water partition coefficient (Wildman–Crippen LogP) is 1.62. The van der Waals surface area contributed by atoms with Gasteiger partial charge in [0.2, 0.25) is 5.09 Å². The monoisotopic (exact) mass is 369 g/mol. The zero-order valence-corrected chi connectivity index (χ0v) is 15.8. The molecule has 2 fully saturated rings. The van der Waals surface area contributed by atoms with Crippen molar-refractivity contribution in [2.75, 3.05) is 40.3 Å². The summed E-state index contributed by atoms with van der Waals surface area (Å²) in [6, 6.07) is 3.36. The van der Waals surface area contributed by atoms with Crippen LogP contribution in [0.5, 0.6) is 0 Å². The van der Waals surface area contributed by atoms with E-state index >= 15 is 0 Å². The van der Waals surface area contributed by atoms with Crippen LogP contribution in [0.3, 0.4) is 0 Å². The van der Waals surface area contributed by atoms with E-state index in [1.807, 2.05) is 0 Å². The summed E-state index contributed by atoms with van der Waals surface area (Å²) in [5, 5.41) is -0.191. The molecule has 0 spiro atoms. The van der Waals surface area contributed by atoms with Crippen LogP contribution < -0.4 is 0 Å². The molecule has 1 aromatic rings. The van der Waals surface area contributed by atoms with E-state index in [0.29, 0.717) is 19.1 Å². The third-order valence-electron chi connectivity index (χ3n) is 5.19. The van der Waals surface area contributed by atoms with Crippen molar-refractivity contribution in [3.05, 3.63) is 17.9 Å². The molecule has 8 heteroatoms. The lowest BCUT2D eigenvalue weighted by molar-refractivity contribution is 0.0557. The van der Waals surface area contributed by atoms with Gasteiger partial charge in [-0.05, 0) is 50.9 Å². The number of sulfonamides is 1. The summed E-state index contributed by atoms with van der Waals surface area (Å²) in [7, 11) is -0.784. The molecule has 2 aliphatic rings.